The van der Waals surface area contributed by atoms with Gasteiger partial charge in [-0.1, -0.05) is 11.2 Å². The Morgan fingerprint density at radius 2 is 1.77 bits per heavy atom. The Bertz CT molecular complexity index is 1320. The molecule has 35 heavy (non-hydrogen) atoms. The SMILES string of the molecule is Cc1noc(C)c1CCNC(=O)c1ccc2ccnc(N3CCN(c4ccc(F)cc4)CC3)c2c1. The van der Waals surface area contributed by atoms with Gasteiger partial charge in [-0.15, -0.1) is 0 Å². The normalized spacial score (nSPS) is 13.9. The first-order chi connectivity index (χ1) is 17.0. The van der Waals surface area contributed by atoms with Crippen molar-refractivity contribution in [2.24, 2.45) is 0 Å². The fourth-order valence-corrected chi connectivity index (χ4v) is 4.64. The van der Waals surface area contributed by atoms with Crippen LogP contribution < -0.4 is 15.1 Å². The van der Waals surface area contributed by atoms with Gasteiger partial charge in [-0.3, -0.25) is 4.79 Å². The second kappa shape index (κ2) is 9.74. The van der Waals surface area contributed by atoms with Crippen molar-refractivity contribution in [1.82, 2.24) is 15.5 Å². The summed E-state index contributed by atoms with van der Waals surface area (Å²) < 4.78 is 18.5. The minimum absolute atomic E-state index is 0.116. The number of hydrogen-bond donors (Lipinski definition) is 1. The van der Waals surface area contributed by atoms with Gasteiger partial charge in [-0.2, -0.15) is 0 Å². The summed E-state index contributed by atoms with van der Waals surface area (Å²) in [6.07, 6.45) is 2.49. The third-order valence-corrected chi connectivity index (χ3v) is 6.62. The zero-order chi connectivity index (χ0) is 24.4. The summed E-state index contributed by atoms with van der Waals surface area (Å²) in [4.78, 5) is 22.0. The first kappa shape index (κ1) is 22.8. The van der Waals surface area contributed by atoms with Gasteiger partial charge in [0.2, 0.25) is 0 Å². The molecule has 0 spiro atoms. The van der Waals surface area contributed by atoms with Crippen LogP contribution in [0.2, 0.25) is 0 Å². The second-order valence-corrected chi connectivity index (χ2v) is 8.83. The molecule has 0 aliphatic carbocycles. The van der Waals surface area contributed by atoms with Crippen molar-refractivity contribution in [3.63, 3.8) is 0 Å². The van der Waals surface area contributed by atoms with Gasteiger partial charge in [-0.05, 0) is 68.1 Å². The van der Waals surface area contributed by atoms with Crippen LogP contribution >= 0.6 is 0 Å². The highest BCUT2D eigenvalue weighted by atomic mass is 19.1. The Kier molecular flexibility index (Phi) is 6.35. The van der Waals surface area contributed by atoms with Crippen LogP contribution in [0.5, 0.6) is 0 Å². The van der Waals surface area contributed by atoms with Gasteiger partial charge in [0.15, 0.2) is 0 Å². The molecule has 0 bridgehead atoms. The van der Waals surface area contributed by atoms with Gasteiger partial charge in [0.1, 0.15) is 17.4 Å². The van der Waals surface area contributed by atoms with E-state index in [1.165, 1.54) is 12.1 Å². The molecule has 1 aliphatic rings. The number of piperazine rings is 1. The Morgan fingerprint density at radius 1 is 1.03 bits per heavy atom. The minimum atomic E-state index is -0.226. The molecule has 0 atom stereocenters. The quantitative estimate of drug-likeness (QED) is 0.451. The molecule has 3 heterocycles. The largest absolute Gasteiger partial charge is 0.368 e. The fourth-order valence-electron chi connectivity index (χ4n) is 4.64. The highest BCUT2D eigenvalue weighted by Gasteiger charge is 2.21. The number of halogens is 1. The van der Waals surface area contributed by atoms with Gasteiger partial charge < -0.3 is 19.6 Å². The monoisotopic (exact) mass is 473 g/mol. The van der Waals surface area contributed by atoms with Gasteiger partial charge in [0.05, 0.1) is 5.69 Å². The van der Waals surface area contributed by atoms with E-state index in [-0.39, 0.29) is 11.7 Å². The predicted molar refractivity (Wildman–Crippen MR) is 135 cm³/mol. The number of nitrogens with one attached hydrogen (secondary N) is 1. The van der Waals surface area contributed by atoms with E-state index in [0.717, 1.165) is 65.5 Å². The van der Waals surface area contributed by atoms with Gasteiger partial charge >= 0.3 is 0 Å². The second-order valence-electron chi connectivity index (χ2n) is 8.83. The van der Waals surface area contributed by atoms with Crippen molar-refractivity contribution >= 4 is 28.2 Å². The van der Waals surface area contributed by atoms with E-state index in [9.17, 15) is 9.18 Å². The van der Waals surface area contributed by atoms with Crippen LogP contribution in [0, 0.1) is 19.7 Å². The number of fused-ring (bicyclic) bond motifs is 1. The number of amides is 1. The molecule has 1 saturated heterocycles. The number of benzene rings is 2. The van der Waals surface area contributed by atoms with Crippen molar-refractivity contribution in [3.05, 3.63) is 83.1 Å². The Morgan fingerprint density at radius 3 is 2.49 bits per heavy atom. The summed E-state index contributed by atoms with van der Waals surface area (Å²) in [5.41, 5.74) is 3.52. The molecule has 2 aromatic carbocycles. The van der Waals surface area contributed by atoms with Crippen LogP contribution in [0.3, 0.4) is 0 Å². The maximum atomic E-state index is 13.3. The van der Waals surface area contributed by atoms with Gasteiger partial charge in [0, 0.05) is 61.1 Å². The van der Waals surface area contributed by atoms with Crippen LogP contribution in [0.1, 0.15) is 27.4 Å². The number of carbonyl (C=O) groups excluding carboxylic acids is 1. The number of anilines is 2. The van der Waals surface area contributed by atoms with Gasteiger partial charge in [-0.25, -0.2) is 9.37 Å². The van der Waals surface area contributed by atoms with E-state index in [0.29, 0.717) is 18.5 Å². The lowest BCUT2D eigenvalue weighted by atomic mass is 10.1. The molecule has 1 amide bonds. The van der Waals surface area contributed by atoms with E-state index in [1.807, 2.05) is 56.4 Å². The zero-order valence-electron chi connectivity index (χ0n) is 19.9. The van der Waals surface area contributed by atoms with Crippen molar-refractivity contribution in [3.8, 4) is 0 Å². The summed E-state index contributed by atoms with van der Waals surface area (Å²) in [6, 6.07) is 14.3. The van der Waals surface area contributed by atoms with E-state index in [2.05, 4.69) is 25.3 Å². The van der Waals surface area contributed by atoms with Crippen LogP contribution in [-0.4, -0.2) is 48.8 Å². The Labute approximate surface area is 203 Å². The average Bonchev–Trinajstić information content (AvgIpc) is 3.21. The lowest BCUT2D eigenvalue weighted by Crippen LogP contribution is -2.46. The molecule has 2 aromatic heterocycles. The maximum absolute atomic E-state index is 13.3. The van der Waals surface area contributed by atoms with E-state index >= 15 is 0 Å². The third kappa shape index (κ3) is 4.82. The molecular formula is C27H28FN5O2. The molecular weight excluding hydrogens is 445 g/mol. The van der Waals surface area contributed by atoms with Crippen LogP contribution in [-0.2, 0) is 6.42 Å². The fraction of sp³-hybridized carbons (Fsp3) is 0.296. The molecule has 4 aromatic rings. The van der Waals surface area contributed by atoms with Crippen molar-refractivity contribution in [1.29, 1.82) is 0 Å². The molecule has 1 fully saturated rings. The molecule has 1 N–H and O–H groups in total. The third-order valence-electron chi connectivity index (χ3n) is 6.62. The van der Waals surface area contributed by atoms with Crippen molar-refractivity contribution in [2.75, 3.05) is 42.5 Å². The summed E-state index contributed by atoms with van der Waals surface area (Å²) in [5, 5.41) is 8.98. The number of aryl methyl sites for hydroxylation is 2. The Balaban J connectivity index is 1.28. The molecule has 8 heteroatoms. The van der Waals surface area contributed by atoms with Crippen molar-refractivity contribution < 1.29 is 13.7 Å². The van der Waals surface area contributed by atoms with Crippen LogP contribution in [0.4, 0.5) is 15.9 Å². The first-order valence-electron chi connectivity index (χ1n) is 11.8. The lowest BCUT2D eigenvalue weighted by Gasteiger charge is -2.37. The lowest BCUT2D eigenvalue weighted by molar-refractivity contribution is 0.0954. The number of carbonyl (C=O) groups is 1. The van der Waals surface area contributed by atoms with Gasteiger partial charge in [0.25, 0.3) is 5.91 Å². The molecule has 0 radical (unpaired) electrons. The predicted octanol–water partition coefficient (Wildman–Crippen LogP) is 4.28. The smallest absolute Gasteiger partial charge is 0.251 e. The highest BCUT2D eigenvalue weighted by molar-refractivity contribution is 6.01. The summed E-state index contributed by atoms with van der Waals surface area (Å²) >= 11 is 0. The molecule has 7 nitrogen and oxygen atoms in total. The molecule has 0 unspecified atom stereocenters. The standard InChI is InChI=1S/C27H28FN5O2/c1-18-24(19(2)35-31-18)10-12-30-27(34)21-4-3-20-9-11-29-26(25(20)17-21)33-15-13-32(14-16-33)23-7-5-22(28)6-8-23/h3-9,11,17H,10,12-16H2,1-2H3,(H,30,34). The van der Waals surface area contributed by atoms with E-state index in [4.69, 9.17) is 4.52 Å². The molecule has 1 aliphatic heterocycles. The summed E-state index contributed by atoms with van der Waals surface area (Å²) in [5.74, 6) is 1.33. The highest BCUT2D eigenvalue weighted by Crippen LogP contribution is 2.27. The number of rotatable bonds is 6. The Hall–Kier alpha value is -3.94. The number of nitrogens with zero attached hydrogens (tertiary/aromatic N) is 4. The minimum Gasteiger partial charge on any atom is -0.368 e. The zero-order valence-corrected chi connectivity index (χ0v) is 19.9. The summed E-state index contributed by atoms with van der Waals surface area (Å²) in [6.45, 7) is 7.50. The molecule has 0 saturated carbocycles. The van der Waals surface area contributed by atoms with Crippen molar-refractivity contribution in [2.45, 2.75) is 20.3 Å². The first-order valence-corrected chi connectivity index (χ1v) is 11.8. The number of pyridine rings is 1. The average molecular weight is 474 g/mol. The summed E-state index contributed by atoms with van der Waals surface area (Å²) in [7, 11) is 0. The molecule has 180 valence electrons. The van der Waals surface area contributed by atoms with E-state index < -0.39 is 0 Å². The maximum Gasteiger partial charge on any atom is 0.251 e. The van der Waals surface area contributed by atoms with Crippen LogP contribution in [0.25, 0.3) is 10.8 Å². The van der Waals surface area contributed by atoms with E-state index in [1.54, 1.807) is 0 Å². The molecule has 5 rings (SSSR count). The number of aromatic nitrogens is 2. The number of hydrogen-bond acceptors (Lipinski definition) is 6. The topological polar surface area (TPSA) is 74.5 Å². The van der Waals surface area contributed by atoms with Crippen LogP contribution in [0.15, 0.2) is 59.3 Å².